The van der Waals surface area contributed by atoms with Crippen LogP contribution >= 0.6 is 0 Å². The van der Waals surface area contributed by atoms with E-state index in [1.165, 1.54) is 0 Å². The number of nitrogens with two attached hydrogens (primary N) is 1. The first kappa shape index (κ1) is 11.3. The highest BCUT2D eigenvalue weighted by molar-refractivity contribution is 5.56. The molecule has 88 valence electrons. The van der Waals surface area contributed by atoms with Crippen LogP contribution in [0.1, 0.15) is 18.9 Å². The molecule has 0 saturated carbocycles. The van der Waals surface area contributed by atoms with E-state index in [1.54, 1.807) is 24.5 Å². The predicted molar refractivity (Wildman–Crippen MR) is 66.5 cm³/mol. The standard InChI is InChI=1S/C12H14N4O/c1-2-3-9-10(13)15-11(16-12(9)17)8-4-6-14-7-5-8/h4-7H,2-3H2,1H3,(H3,13,15,16,17). The van der Waals surface area contributed by atoms with E-state index in [9.17, 15) is 4.79 Å². The average molecular weight is 230 g/mol. The Morgan fingerprint density at radius 3 is 2.65 bits per heavy atom. The molecule has 2 aromatic rings. The average Bonchev–Trinajstić information content (AvgIpc) is 2.35. The highest BCUT2D eigenvalue weighted by atomic mass is 16.1. The van der Waals surface area contributed by atoms with Gasteiger partial charge in [0.2, 0.25) is 0 Å². The number of hydrogen-bond donors (Lipinski definition) is 2. The fourth-order valence-corrected chi connectivity index (χ4v) is 1.65. The number of aromatic nitrogens is 3. The summed E-state index contributed by atoms with van der Waals surface area (Å²) in [5.74, 6) is 0.789. The molecule has 0 aliphatic heterocycles. The maximum Gasteiger partial charge on any atom is 0.256 e. The van der Waals surface area contributed by atoms with E-state index < -0.39 is 0 Å². The Bertz CT molecular complexity index is 562. The molecule has 5 nitrogen and oxygen atoms in total. The summed E-state index contributed by atoms with van der Waals surface area (Å²) < 4.78 is 0. The third kappa shape index (κ3) is 2.33. The maximum absolute atomic E-state index is 11.8. The van der Waals surface area contributed by atoms with Crippen LogP contribution in [0, 0.1) is 0 Å². The van der Waals surface area contributed by atoms with Gasteiger partial charge in [0.05, 0.1) is 5.56 Å². The molecule has 0 bridgehead atoms. The number of pyridine rings is 1. The van der Waals surface area contributed by atoms with Crippen molar-refractivity contribution < 1.29 is 0 Å². The third-order valence-electron chi connectivity index (χ3n) is 2.50. The minimum Gasteiger partial charge on any atom is -0.383 e. The van der Waals surface area contributed by atoms with Crippen molar-refractivity contribution in [1.29, 1.82) is 0 Å². The summed E-state index contributed by atoms with van der Waals surface area (Å²) in [6.45, 7) is 2.00. The Hall–Kier alpha value is -2.17. The van der Waals surface area contributed by atoms with Crippen LogP contribution < -0.4 is 11.3 Å². The van der Waals surface area contributed by atoms with Crippen molar-refractivity contribution in [2.24, 2.45) is 0 Å². The monoisotopic (exact) mass is 230 g/mol. The van der Waals surface area contributed by atoms with Crippen LogP contribution in [0.15, 0.2) is 29.3 Å². The summed E-state index contributed by atoms with van der Waals surface area (Å²) in [5.41, 5.74) is 7.00. The first-order valence-corrected chi connectivity index (χ1v) is 5.51. The quantitative estimate of drug-likeness (QED) is 0.833. The molecule has 0 atom stereocenters. The third-order valence-corrected chi connectivity index (χ3v) is 2.50. The second-order valence-corrected chi connectivity index (χ2v) is 3.76. The van der Waals surface area contributed by atoms with E-state index in [4.69, 9.17) is 5.73 Å². The Balaban J connectivity index is 2.50. The lowest BCUT2D eigenvalue weighted by atomic mass is 10.1. The van der Waals surface area contributed by atoms with Crippen molar-refractivity contribution in [2.45, 2.75) is 19.8 Å². The SMILES string of the molecule is CCCc1c(N)nc(-c2ccncc2)[nH]c1=O. The van der Waals surface area contributed by atoms with Crippen LogP contribution in [0.25, 0.3) is 11.4 Å². The minimum atomic E-state index is -0.161. The maximum atomic E-state index is 11.8. The molecule has 0 aromatic carbocycles. The zero-order chi connectivity index (χ0) is 12.3. The smallest absolute Gasteiger partial charge is 0.256 e. The Labute approximate surface area is 98.7 Å². The molecule has 0 unspecified atom stereocenters. The highest BCUT2D eigenvalue weighted by Gasteiger charge is 2.08. The summed E-state index contributed by atoms with van der Waals surface area (Å²) in [6, 6.07) is 3.55. The van der Waals surface area contributed by atoms with Crippen molar-refractivity contribution >= 4 is 5.82 Å². The van der Waals surface area contributed by atoms with Gasteiger partial charge in [-0.25, -0.2) is 4.98 Å². The lowest BCUT2D eigenvalue weighted by Gasteiger charge is -2.05. The highest BCUT2D eigenvalue weighted by Crippen LogP contribution is 2.14. The lowest BCUT2D eigenvalue weighted by molar-refractivity contribution is 0.892. The first-order valence-electron chi connectivity index (χ1n) is 5.51. The number of rotatable bonds is 3. The largest absolute Gasteiger partial charge is 0.383 e. The van der Waals surface area contributed by atoms with E-state index in [1.807, 2.05) is 6.92 Å². The van der Waals surface area contributed by atoms with E-state index in [-0.39, 0.29) is 5.56 Å². The van der Waals surface area contributed by atoms with Crippen LogP contribution in [0.5, 0.6) is 0 Å². The molecule has 0 fully saturated rings. The molecule has 0 amide bonds. The summed E-state index contributed by atoms with van der Waals surface area (Å²) >= 11 is 0. The molecule has 0 aliphatic carbocycles. The normalized spacial score (nSPS) is 10.4. The molecular formula is C12H14N4O. The van der Waals surface area contributed by atoms with Gasteiger partial charge in [0, 0.05) is 18.0 Å². The van der Waals surface area contributed by atoms with Gasteiger partial charge >= 0.3 is 0 Å². The van der Waals surface area contributed by atoms with E-state index >= 15 is 0 Å². The number of nitrogens with one attached hydrogen (secondary N) is 1. The van der Waals surface area contributed by atoms with Gasteiger partial charge < -0.3 is 10.7 Å². The van der Waals surface area contributed by atoms with Crippen molar-refractivity contribution in [1.82, 2.24) is 15.0 Å². The summed E-state index contributed by atoms with van der Waals surface area (Å²) in [7, 11) is 0. The number of nitrogen functional groups attached to an aromatic ring is 1. The lowest BCUT2D eigenvalue weighted by Crippen LogP contribution is -2.18. The van der Waals surface area contributed by atoms with Crippen molar-refractivity contribution in [3.05, 3.63) is 40.4 Å². The number of aromatic amines is 1. The number of H-pyrrole nitrogens is 1. The van der Waals surface area contributed by atoms with E-state index in [0.717, 1.165) is 12.0 Å². The van der Waals surface area contributed by atoms with Gasteiger partial charge in [0.1, 0.15) is 11.6 Å². The van der Waals surface area contributed by atoms with E-state index in [2.05, 4.69) is 15.0 Å². The zero-order valence-electron chi connectivity index (χ0n) is 9.60. The van der Waals surface area contributed by atoms with E-state index in [0.29, 0.717) is 23.6 Å². The number of nitrogens with zero attached hydrogens (tertiary/aromatic N) is 2. The van der Waals surface area contributed by atoms with Crippen LogP contribution in [-0.2, 0) is 6.42 Å². The summed E-state index contributed by atoms with van der Waals surface area (Å²) in [6.07, 6.45) is 4.80. The minimum absolute atomic E-state index is 0.161. The molecule has 5 heteroatoms. The van der Waals surface area contributed by atoms with Gasteiger partial charge in [0.25, 0.3) is 5.56 Å². The van der Waals surface area contributed by atoms with Gasteiger partial charge in [-0.2, -0.15) is 0 Å². The second kappa shape index (κ2) is 4.78. The van der Waals surface area contributed by atoms with Crippen LogP contribution in [0.3, 0.4) is 0 Å². The van der Waals surface area contributed by atoms with Gasteiger partial charge in [-0.05, 0) is 18.6 Å². The summed E-state index contributed by atoms with van der Waals surface area (Å²) in [5, 5.41) is 0. The molecule has 2 aromatic heterocycles. The Kier molecular flexibility index (Phi) is 3.18. The van der Waals surface area contributed by atoms with Crippen molar-refractivity contribution in [3.8, 4) is 11.4 Å². The topological polar surface area (TPSA) is 84.7 Å². The fourth-order valence-electron chi connectivity index (χ4n) is 1.65. The van der Waals surface area contributed by atoms with Gasteiger partial charge in [-0.1, -0.05) is 13.3 Å². The number of anilines is 1. The Morgan fingerprint density at radius 2 is 2.06 bits per heavy atom. The van der Waals surface area contributed by atoms with Crippen LogP contribution in [0.2, 0.25) is 0 Å². The van der Waals surface area contributed by atoms with Gasteiger partial charge in [-0.15, -0.1) is 0 Å². The van der Waals surface area contributed by atoms with Gasteiger partial charge in [0.15, 0.2) is 0 Å². The molecule has 17 heavy (non-hydrogen) atoms. The van der Waals surface area contributed by atoms with Crippen LogP contribution in [-0.4, -0.2) is 15.0 Å². The molecular weight excluding hydrogens is 216 g/mol. The van der Waals surface area contributed by atoms with Crippen molar-refractivity contribution in [2.75, 3.05) is 5.73 Å². The molecule has 0 radical (unpaired) electrons. The van der Waals surface area contributed by atoms with Crippen molar-refractivity contribution in [3.63, 3.8) is 0 Å². The Morgan fingerprint density at radius 1 is 1.35 bits per heavy atom. The first-order chi connectivity index (χ1) is 8.22. The molecule has 3 N–H and O–H groups in total. The molecule has 2 heterocycles. The molecule has 0 spiro atoms. The molecule has 0 aliphatic rings. The molecule has 0 saturated heterocycles. The summed E-state index contributed by atoms with van der Waals surface area (Å²) in [4.78, 5) is 22.7. The number of hydrogen-bond acceptors (Lipinski definition) is 4. The second-order valence-electron chi connectivity index (χ2n) is 3.76. The molecule has 2 rings (SSSR count). The van der Waals surface area contributed by atoms with Gasteiger partial charge in [-0.3, -0.25) is 9.78 Å². The zero-order valence-corrected chi connectivity index (χ0v) is 9.60. The fraction of sp³-hybridized carbons (Fsp3) is 0.250. The van der Waals surface area contributed by atoms with Crippen LogP contribution in [0.4, 0.5) is 5.82 Å². The predicted octanol–water partition coefficient (Wildman–Crippen LogP) is 1.37.